The van der Waals surface area contributed by atoms with Gasteiger partial charge in [0.15, 0.2) is 0 Å². The van der Waals surface area contributed by atoms with E-state index in [1.165, 1.54) is 44.1 Å². The van der Waals surface area contributed by atoms with Gasteiger partial charge in [-0.3, -0.25) is 0 Å². The predicted molar refractivity (Wildman–Crippen MR) is 60.4 cm³/mol. The van der Waals surface area contributed by atoms with Crippen LogP contribution >= 0.6 is 11.3 Å². The van der Waals surface area contributed by atoms with Crippen LogP contribution in [0.4, 0.5) is 0 Å². The standard InChI is InChI=1S/C12H19S.Li/c1-3-5-7-11-9-13-10-12(11)8-6-4-2;/h9H,3-8H2,1-2H3;/q-1;+1. The second kappa shape index (κ2) is 8.59. The monoisotopic (exact) mass is 202 g/mol. The van der Waals surface area contributed by atoms with Crippen molar-refractivity contribution in [2.75, 3.05) is 0 Å². The van der Waals surface area contributed by atoms with Crippen LogP contribution in [-0.2, 0) is 12.8 Å². The van der Waals surface area contributed by atoms with E-state index in [1.807, 2.05) is 0 Å². The molecule has 0 bridgehead atoms. The zero-order chi connectivity index (χ0) is 9.52. The summed E-state index contributed by atoms with van der Waals surface area (Å²) in [7, 11) is 0. The fourth-order valence-corrected chi connectivity index (χ4v) is 2.29. The summed E-state index contributed by atoms with van der Waals surface area (Å²) in [6, 6.07) is 0. The molecule has 0 aliphatic heterocycles. The molecule has 1 rings (SSSR count). The summed E-state index contributed by atoms with van der Waals surface area (Å²) in [6.07, 6.45) is 7.71. The van der Waals surface area contributed by atoms with E-state index in [1.54, 1.807) is 16.9 Å². The largest absolute Gasteiger partial charge is 1.00 e. The molecule has 0 aliphatic rings. The summed E-state index contributed by atoms with van der Waals surface area (Å²) in [5.41, 5.74) is 3.04. The van der Waals surface area contributed by atoms with Crippen LogP contribution in [0.2, 0.25) is 0 Å². The Morgan fingerprint density at radius 2 is 1.79 bits per heavy atom. The van der Waals surface area contributed by atoms with Crippen LogP contribution in [0.25, 0.3) is 0 Å². The minimum atomic E-state index is 0. The first kappa shape index (κ1) is 14.3. The van der Waals surface area contributed by atoms with Gasteiger partial charge in [0.1, 0.15) is 0 Å². The van der Waals surface area contributed by atoms with Crippen molar-refractivity contribution in [3.63, 3.8) is 0 Å². The van der Waals surface area contributed by atoms with E-state index in [0.29, 0.717) is 0 Å². The van der Waals surface area contributed by atoms with E-state index in [-0.39, 0.29) is 18.9 Å². The first-order chi connectivity index (χ1) is 6.38. The molecule has 0 aromatic carbocycles. The average molecular weight is 202 g/mol. The molecule has 0 spiro atoms. The molecule has 0 unspecified atom stereocenters. The predicted octanol–water partition coefficient (Wildman–Crippen LogP) is 1.24. The van der Waals surface area contributed by atoms with E-state index in [2.05, 4.69) is 24.6 Å². The third kappa shape index (κ3) is 4.69. The Hall–Kier alpha value is 0.297. The van der Waals surface area contributed by atoms with Crippen LogP contribution in [0, 0.1) is 5.38 Å². The topological polar surface area (TPSA) is 0 Å². The summed E-state index contributed by atoms with van der Waals surface area (Å²) in [5, 5.41) is 5.67. The van der Waals surface area contributed by atoms with Gasteiger partial charge in [-0.05, 0) is 0 Å². The van der Waals surface area contributed by atoms with Crippen LogP contribution in [0.5, 0.6) is 0 Å². The Morgan fingerprint density at radius 1 is 1.14 bits per heavy atom. The maximum atomic E-state index is 3.39. The van der Waals surface area contributed by atoms with Gasteiger partial charge in [-0.1, -0.05) is 52.4 Å². The molecule has 0 N–H and O–H groups in total. The molecular formula is C12H19LiS. The number of unbranched alkanes of at least 4 members (excludes halogenated alkanes) is 2. The first-order valence-electron chi connectivity index (χ1n) is 5.35. The summed E-state index contributed by atoms with van der Waals surface area (Å²) < 4.78 is 0. The molecule has 1 aromatic heterocycles. The zero-order valence-electron chi connectivity index (χ0n) is 9.73. The van der Waals surface area contributed by atoms with Gasteiger partial charge in [-0.2, -0.15) is 16.5 Å². The van der Waals surface area contributed by atoms with Gasteiger partial charge in [0, 0.05) is 0 Å². The molecule has 0 nitrogen and oxygen atoms in total. The van der Waals surface area contributed by atoms with E-state index >= 15 is 0 Å². The smallest absolute Gasteiger partial charge is 0.303 e. The molecule has 2 heteroatoms. The minimum Gasteiger partial charge on any atom is -0.303 e. The van der Waals surface area contributed by atoms with Crippen molar-refractivity contribution in [1.29, 1.82) is 0 Å². The van der Waals surface area contributed by atoms with Gasteiger partial charge < -0.3 is 11.3 Å². The van der Waals surface area contributed by atoms with Crippen LogP contribution in [-0.4, -0.2) is 0 Å². The van der Waals surface area contributed by atoms with Gasteiger partial charge in [0.05, 0.1) is 0 Å². The third-order valence-electron chi connectivity index (χ3n) is 2.35. The fourth-order valence-electron chi connectivity index (χ4n) is 1.45. The molecule has 0 saturated heterocycles. The van der Waals surface area contributed by atoms with Gasteiger partial charge in [-0.25, -0.2) is 0 Å². The molecule has 0 radical (unpaired) electrons. The van der Waals surface area contributed by atoms with Crippen LogP contribution in [0.3, 0.4) is 0 Å². The van der Waals surface area contributed by atoms with Gasteiger partial charge in [-0.15, -0.1) is 5.38 Å². The van der Waals surface area contributed by atoms with Crippen LogP contribution in [0.15, 0.2) is 5.38 Å². The van der Waals surface area contributed by atoms with E-state index in [0.717, 1.165) is 0 Å². The molecule has 0 saturated carbocycles. The first-order valence-corrected chi connectivity index (χ1v) is 6.23. The van der Waals surface area contributed by atoms with Crippen molar-refractivity contribution in [3.8, 4) is 0 Å². The van der Waals surface area contributed by atoms with E-state index in [9.17, 15) is 0 Å². The van der Waals surface area contributed by atoms with Gasteiger partial charge >= 0.3 is 18.9 Å². The fraction of sp³-hybridized carbons (Fsp3) is 0.667. The van der Waals surface area contributed by atoms with Gasteiger partial charge in [0.25, 0.3) is 0 Å². The minimum absolute atomic E-state index is 0. The molecule has 0 fully saturated rings. The van der Waals surface area contributed by atoms with Crippen LogP contribution < -0.4 is 18.9 Å². The molecule has 0 amide bonds. The number of hydrogen-bond acceptors (Lipinski definition) is 1. The Kier molecular flexibility index (Phi) is 8.78. The molecule has 14 heavy (non-hydrogen) atoms. The summed E-state index contributed by atoms with van der Waals surface area (Å²) in [6.45, 7) is 4.50. The van der Waals surface area contributed by atoms with Crippen molar-refractivity contribution in [1.82, 2.24) is 0 Å². The van der Waals surface area contributed by atoms with Crippen molar-refractivity contribution in [2.24, 2.45) is 0 Å². The second-order valence-corrected chi connectivity index (χ2v) is 4.22. The Balaban J connectivity index is 0.00000169. The summed E-state index contributed by atoms with van der Waals surface area (Å²) >= 11 is 1.74. The summed E-state index contributed by atoms with van der Waals surface area (Å²) in [5.74, 6) is 0. The van der Waals surface area contributed by atoms with E-state index in [4.69, 9.17) is 0 Å². The average Bonchev–Trinajstić information content (AvgIpc) is 2.59. The Labute approximate surface area is 104 Å². The Bertz CT molecular complexity index is 207. The molecular weight excluding hydrogens is 183 g/mol. The van der Waals surface area contributed by atoms with Gasteiger partial charge in [0.2, 0.25) is 0 Å². The quantitative estimate of drug-likeness (QED) is 0.481. The van der Waals surface area contributed by atoms with Crippen LogP contribution in [0.1, 0.15) is 50.7 Å². The maximum Gasteiger partial charge on any atom is 1.00 e. The number of aryl methyl sites for hydroxylation is 2. The zero-order valence-corrected chi connectivity index (χ0v) is 10.5. The van der Waals surface area contributed by atoms with Crippen molar-refractivity contribution in [2.45, 2.75) is 52.4 Å². The SMILES string of the molecule is CCCCc1[c-]scc1CCCC.[Li+]. The number of hydrogen-bond donors (Lipinski definition) is 0. The third-order valence-corrected chi connectivity index (χ3v) is 3.12. The molecule has 74 valence electrons. The second-order valence-electron chi connectivity index (χ2n) is 3.55. The molecule has 0 atom stereocenters. The summed E-state index contributed by atoms with van der Waals surface area (Å²) in [4.78, 5) is 0. The normalized spacial score (nSPS) is 9.86. The number of rotatable bonds is 6. The number of thiophene rings is 1. The van der Waals surface area contributed by atoms with E-state index < -0.39 is 0 Å². The van der Waals surface area contributed by atoms with Crippen molar-refractivity contribution in [3.05, 3.63) is 21.9 Å². The van der Waals surface area contributed by atoms with Crippen molar-refractivity contribution >= 4 is 11.3 Å². The molecule has 0 aliphatic carbocycles. The maximum absolute atomic E-state index is 3.39. The molecule has 1 heterocycles. The Morgan fingerprint density at radius 3 is 2.43 bits per heavy atom. The van der Waals surface area contributed by atoms with Crippen molar-refractivity contribution < 1.29 is 18.9 Å². The molecule has 1 aromatic rings.